The van der Waals surface area contributed by atoms with Crippen LogP contribution in [0.4, 0.5) is 0 Å². The lowest BCUT2D eigenvalue weighted by Crippen LogP contribution is -2.33. The number of hydrogen-bond acceptors (Lipinski definition) is 3. The maximum absolute atomic E-state index is 11.8. The van der Waals surface area contributed by atoms with E-state index in [0.29, 0.717) is 17.8 Å². The molecule has 2 N–H and O–H groups in total. The van der Waals surface area contributed by atoms with Crippen molar-refractivity contribution in [1.82, 2.24) is 20.5 Å². The quantitative estimate of drug-likeness (QED) is 0.807. The first-order valence-electron chi connectivity index (χ1n) is 6.06. The molecule has 0 spiro atoms. The Bertz CT molecular complexity index is 390. The smallest absolute Gasteiger partial charge is 0.291 e. The van der Waals surface area contributed by atoms with Gasteiger partial charge >= 0.3 is 0 Å². The van der Waals surface area contributed by atoms with E-state index in [1.807, 2.05) is 0 Å². The first-order valence-corrected chi connectivity index (χ1v) is 6.06. The lowest BCUT2D eigenvalue weighted by atomic mass is 10.2. The molecule has 86 valence electrons. The summed E-state index contributed by atoms with van der Waals surface area (Å²) in [6, 6.07) is 0.329. The fourth-order valence-corrected chi connectivity index (χ4v) is 2.24. The van der Waals surface area contributed by atoms with Crippen LogP contribution in [0.5, 0.6) is 0 Å². The van der Waals surface area contributed by atoms with Crippen LogP contribution in [0.25, 0.3) is 0 Å². The maximum atomic E-state index is 11.8. The molecule has 2 fully saturated rings. The van der Waals surface area contributed by atoms with E-state index in [1.165, 1.54) is 25.7 Å². The van der Waals surface area contributed by atoms with Gasteiger partial charge in [0.1, 0.15) is 5.82 Å². The molecule has 0 bridgehead atoms. The molecule has 5 heteroatoms. The summed E-state index contributed by atoms with van der Waals surface area (Å²) < 4.78 is 0. The van der Waals surface area contributed by atoms with Gasteiger partial charge in [-0.2, -0.15) is 0 Å². The zero-order valence-corrected chi connectivity index (χ0v) is 9.20. The van der Waals surface area contributed by atoms with Crippen LogP contribution in [0.3, 0.4) is 0 Å². The van der Waals surface area contributed by atoms with Crippen LogP contribution in [-0.4, -0.2) is 27.1 Å². The average Bonchev–Trinajstić information content (AvgIpc) is 2.82. The number of nitrogens with one attached hydrogen (secondary N) is 2. The molecule has 0 unspecified atom stereocenters. The predicted molar refractivity (Wildman–Crippen MR) is 58.1 cm³/mol. The number of carbonyl (C=O) groups excluding carboxylic acids is 1. The lowest BCUT2D eigenvalue weighted by molar-refractivity contribution is 0.0927. The molecule has 0 saturated heterocycles. The highest BCUT2D eigenvalue weighted by Gasteiger charge is 2.28. The Morgan fingerprint density at radius 2 is 2.00 bits per heavy atom. The second-order valence-corrected chi connectivity index (χ2v) is 4.77. The van der Waals surface area contributed by atoms with Gasteiger partial charge in [0.05, 0.1) is 0 Å². The zero-order chi connectivity index (χ0) is 11.0. The first-order chi connectivity index (χ1) is 7.83. The lowest BCUT2D eigenvalue weighted by Gasteiger charge is -2.09. The number of amides is 1. The highest BCUT2D eigenvalue weighted by atomic mass is 16.2. The molecule has 1 amide bonds. The summed E-state index contributed by atoms with van der Waals surface area (Å²) in [5.41, 5.74) is 0. The van der Waals surface area contributed by atoms with E-state index in [1.54, 1.807) is 0 Å². The minimum atomic E-state index is -0.130. The van der Waals surface area contributed by atoms with E-state index < -0.39 is 0 Å². The number of rotatable bonds is 3. The second kappa shape index (κ2) is 3.88. The van der Waals surface area contributed by atoms with Crippen LogP contribution in [-0.2, 0) is 0 Å². The van der Waals surface area contributed by atoms with Gasteiger partial charge in [-0.25, -0.2) is 4.98 Å². The van der Waals surface area contributed by atoms with E-state index in [0.717, 1.165) is 18.7 Å². The molecule has 1 aromatic heterocycles. The highest BCUT2D eigenvalue weighted by molar-refractivity contribution is 5.90. The van der Waals surface area contributed by atoms with Crippen molar-refractivity contribution in [2.24, 2.45) is 0 Å². The van der Waals surface area contributed by atoms with Crippen LogP contribution in [0, 0.1) is 0 Å². The van der Waals surface area contributed by atoms with Crippen LogP contribution in [0.15, 0.2) is 0 Å². The number of nitrogens with zero attached hydrogens (tertiary/aromatic N) is 2. The van der Waals surface area contributed by atoms with Gasteiger partial charge in [0.15, 0.2) is 0 Å². The predicted octanol–water partition coefficient (Wildman–Crippen LogP) is 1.35. The monoisotopic (exact) mass is 220 g/mol. The summed E-state index contributed by atoms with van der Waals surface area (Å²) in [5.74, 6) is 1.56. The van der Waals surface area contributed by atoms with Gasteiger partial charge in [-0.3, -0.25) is 9.89 Å². The van der Waals surface area contributed by atoms with Crippen molar-refractivity contribution in [3.8, 4) is 0 Å². The topological polar surface area (TPSA) is 70.7 Å². The molecule has 3 rings (SSSR count). The molecule has 0 aromatic carbocycles. The molecule has 0 aliphatic heterocycles. The van der Waals surface area contributed by atoms with E-state index >= 15 is 0 Å². The fourth-order valence-electron chi connectivity index (χ4n) is 2.24. The molecule has 2 aliphatic rings. The zero-order valence-electron chi connectivity index (χ0n) is 9.20. The third-order valence-electron chi connectivity index (χ3n) is 3.36. The Labute approximate surface area is 94.0 Å². The van der Waals surface area contributed by atoms with Crippen molar-refractivity contribution < 1.29 is 4.79 Å². The molecular formula is C11H16N4O. The van der Waals surface area contributed by atoms with Gasteiger partial charge in [-0.05, 0) is 25.7 Å². The molecule has 16 heavy (non-hydrogen) atoms. The van der Waals surface area contributed by atoms with Crippen molar-refractivity contribution in [2.45, 2.75) is 50.5 Å². The van der Waals surface area contributed by atoms with Gasteiger partial charge in [-0.15, -0.1) is 5.10 Å². The van der Waals surface area contributed by atoms with Crippen LogP contribution >= 0.6 is 0 Å². The molecule has 1 aromatic rings. The SMILES string of the molecule is O=C(NC1CCCC1)c1n[nH]c(C2CC2)n1. The standard InChI is InChI=1S/C11H16N4O/c16-11(12-8-3-1-2-4-8)10-13-9(14-15-10)7-5-6-7/h7-8H,1-6H2,(H,12,16)(H,13,14,15). The largest absolute Gasteiger partial charge is 0.347 e. The number of carbonyl (C=O) groups is 1. The molecule has 2 aliphatic carbocycles. The maximum Gasteiger partial charge on any atom is 0.291 e. The van der Waals surface area contributed by atoms with E-state index in [4.69, 9.17) is 0 Å². The summed E-state index contributed by atoms with van der Waals surface area (Å²) in [4.78, 5) is 16.0. The summed E-state index contributed by atoms with van der Waals surface area (Å²) >= 11 is 0. The van der Waals surface area contributed by atoms with Crippen LogP contribution in [0.1, 0.15) is 60.9 Å². The molecule has 5 nitrogen and oxygen atoms in total. The van der Waals surface area contributed by atoms with E-state index in [-0.39, 0.29) is 5.91 Å². The van der Waals surface area contributed by atoms with Gasteiger partial charge in [0.2, 0.25) is 5.82 Å². The van der Waals surface area contributed by atoms with E-state index in [2.05, 4.69) is 20.5 Å². The minimum absolute atomic E-state index is 0.130. The fraction of sp³-hybridized carbons (Fsp3) is 0.727. The molecule has 0 atom stereocenters. The van der Waals surface area contributed by atoms with Crippen molar-refractivity contribution in [3.05, 3.63) is 11.6 Å². The summed E-state index contributed by atoms with van der Waals surface area (Å²) in [6.07, 6.45) is 6.94. The Balaban J connectivity index is 1.63. The Morgan fingerprint density at radius 1 is 1.25 bits per heavy atom. The normalized spacial score (nSPS) is 21.2. The van der Waals surface area contributed by atoms with Crippen molar-refractivity contribution in [1.29, 1.82) is 0 Å². The molecule has 0 radical (unpaired) electrons. The Hall–Kier alpha value is -1.39. The summed E-state index contributed by atoms with van der Waals surface area (Å²) in [5, 5.41) is 9.81. The van der Waals surface area contributed by atoms with Gasteiger partial charge in [0, 0.05) is 12.0 Å². The minimum Gasteiger partial charge on any atom is -0.347 e. The number of H-pyrrole nitrogens is 1. The second-order valence-electron chi connectivity index (χ2n) is 4.77. The molecule has 2 saturated carbocycles. The third kappa shape index (κ3) is 1.94. The summed E-state index contributed by atoms with van der Waals surface area (Å²) in [7, 11) is 0. The van der Waals surface area contributed by atoms with E-state index in [9.17, 15) is 4.79 Å². The number of aromatic nitrogens is 3. The number of aromatic amines is 1. The molecule has 1 heterocycles. The van der Waals surface area contributed by atoms with Crippen LogP contribution in [0.2, 0.25) is 0 Å². The van der Waals surface area contributed by atoms with Gasteiger partial charge < -0.3 is 5.32 Å². The first kappa shape index (κ1) is 9.81. The van der Waals surface area contributed by atoms with Crippen LogP contribution < -0.4 is 5.32 Å². The Kier molecular flexibility index (Phi) is 2.38. The molecular weight excluding hydrogens is 204 g/mol. The number of hydrogen-bond donors (Lipinski definition) is 2. The summed E-state index contributed by atoms with van der Waals surface area (Å²) in [6.45, 7) is 0. The van der Waals surface area contributed by atoms with Crippen molar-refractivity contribution in [2.75, 3.05) is 0 Å². The highest BCUT2D eigenvalue weighted by Crippen LogP contribution is 2.37. The van der Waals surface area contributed by atoms with Crippen molar-refractivity contribution in [3.63, 3.8) is 0 Å². The van der Waals surface area contributed by atoms with Gasteiger partial charge in [0.25, 0.3) is 5.91 Å². The third-order valence-corrected chi connectivity index (χ3v) is 3.36. The van der Waals surface area contributed by atoms with Gasteiger partial charge in [-0.1, -0.05) is 12.8 Å². The Morgan fingerprint density at radius 3 is 2.69 bits per heavy atom. The average molecular weight is 220 g/mol. The van der Waals surface area contributed by atoms with Crippen molar-refractivity contribution >= 4 is 5.91 Å².